The Labute approximate surface area is 191 Å². The van der Waals surface area contributed by atoms with Crippen LogP contribution < -0.4 is 4.90 Å². The third-order valence-corrected chi connectivity index (χ3v) is 5.72. The first-order valence-electron chi connectivity index (χ1n) is 10.6. The highest BCUT2D eigenvalue weighted by Crippen LogP contribution is 2.32. The van der Waals surface area contributed by atoms with E-state index in [0.29, 0.717) is 11.3 Å². The minimum Gasteiger partial charge on any atom is -0.451 e. The highest BCUT2D eigenvalue weighted by molar-refractivity contribution is 6.35. The highest BCUT2D eigenvalue weighted by atomic mass is 16.5. The lowest BCUT2D eigenvalue weighted by atomic mass is 10.0. The largest absolute Gasteiger partial charge is 0.451 e. The fourth-order valence-electron chi connectivity index (χ4n) is 3.78. The summed E-state index contributed by atoms with van der Waals surface area (Å²) in [4.78, 5) is 52.4. The van der Waals surface area contributed by atoms with Crippen molar-refractivity contribution in [3.63, 3.8) is 0 Å². The maximum Gasteiger partial charge on any atom is 0.338 e. The van der Waals surface area contributed by atoms with E-state index in [0.717, 1.165) is 21.6 Å². The topological polar surface area (TPSA) is 80.8 Å². The van der Waals surface area contributed by atoms with Gasteiger partial charge in [-0.05, 0) is 63.1 Å². The van der Waals surface area contributed by atoms with E-state index in [1.165, 1.54) is 25.1 Å². The molecule has 0 saturated carbocycles. The van der Waals surface area contributed by atoms with E-state index in [9.17, 15) is 19.2 Å². The van der Waals surface area contributed by atoms with Gasteiger partial charge in [-0.25, -0.2) is 9.69 Å². The molecule has 0 saturated heterocycles. The van der Waals surface area contributed by atoms with Crippen molar-refractivity contribution in [1.82, 2.24) is 0 Å². The summed E-state index contributed by atoms with van der Waals surface area (Å²) >= 11 is 0. The third-order valence-electron chi connectivity index (χ3n) is 5.72. The van der Waals surface area contributed by atoms with Crippen LogP contribution in [0, 0.1) is 20.8 Å². The zero-order chi connectivity index (χ0) is 23.9. The van der Waals surface area contributed by atoms with Gasteiger partial charge in [-0.3, -0.25) is 14.4 Å². The molecule has 0 aliphatic carbocycles. The smallest absolute Gasteiger partial charge is 0.338 e. The summed E-state index contributed by atoms with van der Waals surface area (Å²) in [6.45, 7) is 7.13. The maximum absolute atomic E-state index is 13.1. The zero-order valence-electron chi connectivity index (χ0n) is 18.8. The van der Waals surface area contributed by atoms with Crippen molar-refractivity contribution in [2.45, 2.75) is 33.8 Å². The second kappa shape index (κ2) is 8.47. The number of imide groups is 1. The number of esters is 1. The first-order chi connectivity index (χ1) is 15.7. The van der Waals surface area contributed by atoms with Crippen LogP contribution in [0.25, 0.3) is 0 Å². The Morgan fingerprint density at radius 1 is 0.758 bits per heavy atom. The summed E-state index contributed by atoms with van der Waals surface area (Å²) in [5, 5.41) is 0. The Hall–Kier alpha value is -4.06. The number of ether oxygens (including phenoxy) is 1. The van der Waals surface area contributed by atoms with Crippen LogP contribution in [0.4, 0.5) is 5.69 Å². The van der Waals surface area contributed by atoms with Gasteiger partial charge in [-0.1, -0.05) is 42.0 Å². The molecule has 6 heteroatoms. The summed E-state index contributed by atoms with van der Waals surface area (Å²) in [5.41, 5.74) is 4.14. The number of nitrogens with zero attached hydrogens (tertiary/aromatic N) is 1. The molecule has 0 spiro atoms. The van der Waals surface area contributed by atoms with Crippen molar-refractivity contribution in [3.8, 4) is 0 Å². The number of carbonyl (C=O) groups is 4. The average Bonchev–Trinajstić information content (AvgIpc) is 3.04. The van der Waals surface area contributed by atoms with Crippen LogP contribution in [0.15, 0.2) is 60.7 Å². The lowest BCUT2D eigenvalue weighted by Gasteiger charge is -2.17. The molecule has 1 aliphatic rings. The Kier molecular flexibility index (Phi) is 5.68. The second-order valence-corrected chi connectivity index (χ2v) is 8.27. The molecular weight excluding hydrogens is 418 g/mol. The molecule has 166 valence electrons. The molecule has 1 atom stereocenters. The van der Waals surface area contributed by atoms with Crippen molar-refractivity contribution >= 4 is 29.3 Å². The van der Waals surface area contributed by atoms with E-state index >= 15 is 0 Å². The number of ketones is 1. The van der Waals surface area contributed by atoms with E-state index in [4.69, 9.17) is 4.74 Å². The molecule has 0 N–H and O–H groups in total. The van der Waals surface area contributed by atoms with Crippen molar-refractivity contribution in [2.75, 3.05) is 4.90 Å². The summed E-state index contributed by atoms with van der Waals surface area (Å²) < 4.78 is 5.35. The Bertz CT molecular complexity index is 1310. The number of amides is 2. The molecule has 3 aromatic rings. The van der Waals surface area contributed by atoms with Crippen molar-refractivity contribution in [1.29, 1.82) is 0 Å². The molecule has 2 amide bonds. The number of benzene rings is 3. The van der Waals surface area contributed by atoms with Gasteiger partial charge in [-0.15, -0.1) is 0 Å². The molecule has 0 fully saturated rings. The van der Waals surface area contributed by atoms with Crippen molar-refractivity contribution in [2.24, 2.45) is 0 Å². The van der Waals surface area contributed by atoms with Crippen LogP contribution in [-0.4, -0.2) is 29.7 Å². The van der Waals surface area contributed by atoms with Gasteiger partial charge in [-0.2, -0.15) is 0 Å². The minimum atomic E-state index is -1.00. The van der Waals surface area contributed by atoms with Gasteiger partial charge in [0.05, 0.1) is 22.4 Å². The Morgan fingerprint density at radius 2 is 1.36 bits per heavy atom. The average molecular weight is 441 g/mol. The summed E-state index contributed by atoms with van der Waals surface area (Å²) in [7, 11) is 0. The lowest BCUT2D eigenvalue weighted by molar-refractivity contribution is 0.0318. The predicted molar refractivity (Wildman–Crippen MR) is 124 cm³/mol. The van der Waals surface area contributed by atoms with Crippen molar-refractivity contribution in [3.05, 3.63) is 99.6 Å². The molecule has 0 radical (unpaired) electrons. The number of anilines is 1. The van der Waals surface area contributed by atoms with E-state index in [1.807, 2.05) is 45.0 Å². The number of aryl methyl sites for hydroxylation is 3. The van der Waals surface area contributed by atoms with E-state index < -0.39 is 23.9 Å². The molecule has 1 heterocycles. The summed E-state index contributed by atoms with van der Waals surface area (Å²) in [6.07, 6.45) is -1.00. The summed E-state index contributed by atoms with van der Waals surface area (Å²) in [6, 6.07) is 16.8. The van der Waals surface area contributed by atoms with Crippen LogP contribution in [0.3, 0.4) is 0 Å². The van der Waals surface area contributed by atoms with E-state index in [1.54, 1.807) is 18.2 Å². The van der Waals surface area contributed by atoms with Crippen LogP contribution in [0.5, 0.6) is 0 Å². The maximum atomic E-state index is 13.1. The fourth-order valence-corrected chi connectivity index (χ4v) is 3.78. The predicted octanol–water partition coefficient (Wildman–Crippen LogP) is 4.84. The standard InChI is InChI=1S/C27H23NO5/c1-15-6-9-19(10-7-15)24(29)18(4)33-27(32)20-11-12-21-22(14-20)26(31)28(25(21)30)23-13-16(2)5-8-17(23)3/h5-14,18H,1-4H3/t18-/m0/s1. The van der Waals surface area contributed by atoms with Crippen LogP contribution in [-0.2, 0) is 4.74 Å². The number of carbonyl (C=O) groups excluding carboxylic acids is 4. The molecule has 0 aromatic heterocycles. The third kappa shape index (κ3) is 4.07. The van der Waals surface area contributed by atoms with Gasteiger partial charge in [0, 0.05) is 5.56 Å². The van der Waals surface area contributed by atoms with Crippen molar-refractivity contribution < 1.29 is 23.9 Å². The monoisotopic (exact) mass is 441 g/mol. The first kappa shape index (κ1) is 22.1. The van der Waals surface area contributed by atoms with Crippen LogP contribution in [0.2, 0.25) is 0 Å². The molecule has 6 nitrogen and oxygen atoms in total. The Morgan fingerprint density at radius 3 is 2.06 bits per heavy atom. The molecule has 3 aromatic carbocycles. The fraction of sp³-hybridized carbons (Fsp3) is 0.185. The van der Waals surface area contributed by atoms with E-state index in [-0.39, 0.29) is 22.5 Å². The minimum absolute atomic E-state index is 0.0984. The molecule has 0 unspecified atom stereocenters. The zero-order valence-corrected chi connectivity index (χ0v) is 18.8. The number of hydrogen-bond acceptors (Lipinski definition) is 5. The number of rotatable bonds is 5. The number of fused-ring (bicyclic) bond motifs is 1. The SMILES string of the molecule is Cc1ccc(C(=O)[C@H](C)OC(=O)c2ccc3c(c2)C(=O)N(c2cc(C)ccc2C)C3=O)cc1. The first-order valence-corrected chi connectivity index (χ1v) is 10.6. The molecular formula is C27H23NO5. The Balaban J connectivity index is 1.56. The van der Waals surface area contributed by atoms with Gasteiger partial charge < -0.3 is 4.74 Å². The van der Waals surface area contributed by atoms with Gasteiger partial charge in [0.15, 0.2) is 6.10 Å². The van der Waals surface area contributed by atoms with Crippen LogP contribution in [0.1, 0.15) is 65.0 Å². The number of hydrogen-bond donors (Lipinski definition) is 0. The van der Waals surface area contributed by atoms with E-state index in [2.05, 4.69) is 0 Å². The molecule has 33 heavy (non-hydrogen) atoms. The van der Waals surface area contributed by atoms with Crippen LogP contribution >= 0.6 is 0 Å². The van der Waals surface area contributed by atoms with Gasteiger partial charge in [0.2, 0.25) is 5.78 Å². The molecule has 1 aliphatic heterocycles. The quantitative estimate of drug-likeness (QED) is 0.322. The second-order valence-electron chi connectivity index (χ2n) is 8.27. The van der Waals surface area contributed by atoms with Gasteiger partial charge in [0.1, 0.15) is 0 Å². The summed E-state index contributed by atoms with van der Waals surface area (Å²) in [5.74, 6) is -2.00. The highest BCUT2D eigenvalue weighted by Gasteiger charge is 2.38. The lowest BCUT2D eigenvalue weighted by Crippen LogP contribution is -2.30. The number of Topliss-reactive ketones (excluding diaryl/α,β-unsaturated/α-hetero) is 1. The normalized spacial score (nSPS) is 13.6. The van der Waals surface area contributed by atoms with Gasteiger partial charge in [0.25, 0.3) is 11.8 Å². The molecule has 0 bridgehead atoms. The molecule has 4 rings (SSSR count). The van der Waals surface area contributed by atoms with Gasteiger partial charge >= 0.3 is 5.97 Å².